The molecule has 0 heterocycles. The van der Waals surface area contributed by atoms with Gasteiger partial charge in [0, 0.05) is 17.9 Å². The van der Waals surface area contributed by atoms with Crippen LogP contribution in [0.15, 0.2) is 48.5 Å². The van der Waals surface area contributed by atoms with Gasteiger partial charge in [-0.3, -0.25) is 4.79 Å². The smallest absolute Gasteiger partial charge is 0.299 e. The molecule has 0 aromatic heterocycles. The molecule has 110 valence electrons. The van der Waals surface area contributed by atoms with Crippen LogP contribution in [-0.4, -0.2) is 5.78 Å². The van der Waals surface area contributed by atoms with E-state index in [1.54, 1.807) is 24.3 Å². The number of Topliss-reactive ketones (excluding diaryl/α,β-unsaturated/α-hetero) is 1. The summed E-state index contributed by atoms with van der Waals surface area (Å²) in [6.45, 7) is 0. The van der Waals surface area contributed by atoms with Crippen molar-refractivity contribution in [3.05, 3.63) is 70.2 Å². The van der Waals surface area contributed by atoms with Gasteiger partial charge < -0.3 is 0 Å². The van der Waals surface area contributed by atoms with Crippen LogP contribution in [0.3, 0.4) is 0 Å². The lowest BCUT2D eigenvalue weighted by Gasteiger charge is -2.07. The highest BCUT2D eigenvalue weighted by Crippen LogP contribution is 2.29. The predicted molar refractivity (Wildman–Crippen MR) is 75.3 cm³/mol. The number of carbonyl (C=O) groups excluding carboxylic acids is 1. The topological polar surface area (TPSA) is 17.1 Å². The number of ketones is 1. The van der Waals surface area contributed by atoms with Crippen molar-refractivity contribution in [3.8, 4) is 0 Å². The standard InChI is InChI=1S/C16H12ClF3O/c17-14-3-1-2-12(8-14)10-15(21)9-11-4-6-13(7-5-11)16(18,19)20/h1-8H,9-10H2. The summed E-state index contributed by atoms with van der Waals surface area (Å²) in [5.41, 5.74) is 0.642. The van der Waals surface area contributed by atoms with Crippen LogP contribution in [0.25, 0.3) is 0 Å². The summed E-state index contributed by atoms with van der Waals surface area (Å²) in [5.74, 6) is -0.0722. The normalized spacial score (nSPS) is 11.4. The van der Waals surface area contributed by atoms with Crippen LogP contribution in [0.2, 0.25) is 5.02 Å². The number of carbonyl (C=O) groups is 1. The number of hydrogen-bond donors (Lipinski definition) is 0. The fraction of sp³-hybridized carbons (Fsp3) is 0.188. The van der Waals surface area contributed by atoms with E-state index < -0.39 is 11.7 Å². The fourth-order valence-electron chi connectivity index (χ4n) is 1.98. The second kappa shape index (κ2) is 6.31. The highest BCUT2D eigenvalue weighted by molar-refractivity contribution is 6.30. The van der Waals surface area contributed by atoms with Crippen LogP contribution < -0.4 is 0 Å². The third-order valence-corrected chi connectivity index (χ3v) is 3.21. The van der Waals surface area contributed by atoms with Crippen LogP contribution in [-0.2, 0) is 23.8 Å². The lowest BCUT2D eigenvalue weighted by Crippen LogP contribution is -2.08. The summed E-state index contributed by atoms with van der Waals surface area (Å²) in [6.07, 6.45) is -4.05. The van der Waals surface area contributed by atoms with Gasteiger partial charge in [-0.2, -0.15) is 13.2 Å². The molecule has 2 aromatic rings. The summed E-state index contributed by atoms with van der Waals surface area (Å²) in [5, 5.41) is 0.551. The Balaban J connectivity index is 2.00. The highest BCUT2D eigenvalue weighted by atomic mass is 35.5. The molecule has 0 N–H and O–H groups in total. The maximum atomic E-state index is 12.4. The minimum atomic E-state index is -4.36. The molecule has 0 atom stereocenters. The van der Waals surface area contributed by atoms with Gasteiger partial charge in [-0.25, -0.2) is 0 Å². The van der Waals surface area contributed by atoms with Gasteiger partial charge in [0.2, 0.25) is 0 Å². The third kappa shape index (κ3) is 4.60. The Labute approximate surface area is 125 Å². The minimum Gasteiger partial charge on any atom is -0.299 e. The third-order valence-electron chi connectivity index (χ3n) is 2.97. The summed E-state index contributed by atoms with van der Waals surface area (Å²) < 4.78 is 37.3. The van der Waals surface area contributed by atoms with E-state index in [1.807, 2.05) is 0 Å². The molecule has 0 saturated heterocycles. The molecule has 0 aliphatic rings. The molecule has 0 spiro atoms. The maximum absolute atomic E-state index is 12.4. The molecule has 2 aromatic carbocycles. The Morgan fingerprint density at radius 2 is 1.57 bits per heavy atom. The van der Waals surface area contributed by atoms with Crippen molar-refractivity contribution in [3.63, 3.8) is 0 Å². The van der Waals surface area contributed by atoms with E-state index in [1.165, 1.54) is 12.1 Å². The highest BCUT2D eigenvalue weighted by Gasteiger charge is 2.29. The second-order valence-corrected chi connectivity index (χ2v) is 5.15. The van der Waals surface area contributed by atoms with Gasteiger partial charge >= 0.3 is 6.18 Å². The average molecular weight is 313 g/mol. The number of benzene rings is 2. The molecule has 0 unspecified atom stereocenters. The van der Waals surface area contributed by atoms with Crippen molar-refractivity contribution in [2.24, 2.45) is 0 Å². The van der Waals surface area contributed by atoms with Gasteiger partial charge in [0.1, 0.15) is 5.78 Å². The van der Waals surface area contributed by atoms with Crippen LogP contribution in [0.1, 0.15) is 16.7 Å². The zero-order valence-corrected chi connectivity index (χ0v) is 11.7. The number of rotatable bonds is 4. The first-order chi connectivity index (χ1) is 9.84. The van der Waals surface area contributed by atoms with Crippen molar-refractivity contribution >= 4 is 17.4 Å². The van der Waals surface area contributed by atoms with E-state index in [0.717, 1.165) is 17.7 Å². The summed E-state index contributed by atoms with van der Waals surface area (Å²) in [4.78, 5) is 11.9. The predicted octanol–water partition coefficient (Wildman–Crippen LogP) is 4.71. The number of alkyl halides is 3. The van der Waals surface area contributed by atoms with Gasteiger partial charge in [-0.05, 0) is 35.4 Å². The first-order valence-electron chi connectivity index (χ1n) is 6.27. The Morgan fingerprint density at radius 3 is 2.14 bits per heavy atom. The van der Waals surface area contributed by atoms with E-state index in [9.17, 15) is 18.0 Å². The zero-order valence-electron chi connectivity index (χ0n) is 11.0. The molecule has 0 aliphatic carbocycles. The van der Waals surface area contributed by atoms with Crippen molar-refractivity contribution in [1.82, 2.24) is 0 Å². The molecule has 2 rings (SSSR count). The first-order valence-corrected chi connectivity index (χ1v) is 6.64. The van der Waals surface area contributed by atoms with Crippen LogP contribution >= 0.6 is 11.6 Å². The lowest BCUT2D eigenvalue weighted by molar-refractivity contribution is -0.137. The number of hydrogen-bond acceptors (Lipinski definition) is 1. The van der Waals surface area contributed by atoms with E-state index in [2.05, 4.69) is 0 Å². The van der Waals surface area contributed by atoms with E-state index in [4.69, 9.17) is 11.6 Å². The summed E-state index contributed by atoms with van der Waals surface area (Å²) >= 11 is 5.83. The SMILES string of the molecule is O=C(Cc1ccc(C(F)(F)F)cc1)Cc1cccc(Cl)c1. The zero-order chi connectivity index (χ0) is 15.5. The Bertz CT molecular complexity index is 633. The van der Waals surface area contributed by atoms with Gasteiger partial charge in [0.25, 0.3) is 0 Å². The Morgan fingerprint density at radius 1 is 0.952 bits per heavy atom. The molecule has 0 bridgehead atoms. The van der Waals surface area contributed by atoms with E-state index in [-0.39, 0.29) is 18.6 Å². The molecule has 0 aliphatic heterocycles. The van der Waals surface area contributed by atoms with Crippen LogP contribution in [0.5, 0.6) is 0 Å². The molecule has 5 heteroatoms. The molecular weight excluding hydrogens is 301 g/mol. The monoisotopic (exact) mass is 312 g/mol. The van der Waals surface area contributed by atoms with Crippen molar-refractivity contribution in [2.45, 2.75) is 19.0 Å². The van der Waals surface area contributed by atoms with Crippen molar-refractivity contribution in [1.29, 1.82) is 0 Å². The Kier molecular flexibility index (Phi) is 4.68. The van der Waals surface area contributed by atoms with Gasteiger partial charge in [-0.1, -0.05) is 35.9 Å². The fourth-order valence-corrected chi connectivity index (χ4v) is 2.19. The van der Waals surface area contributed by atoms with Crippen molar-refractivity contribution in [2.75, 3.05) is 0 Å². The molecule has 21 heavy (non-hydrogen) atoms. The lowest BCUT2D eigenvalue weighted by atomic mass is 10.0. The largest absolute Gasteiger partial charge is 0.416 e. The molecule has 0 amide bonds. The first kappa shape index (κ1) is 15.6. The average Bonchev–Trinajstić information content (AvgIpc) is 2.38. The Hall–Kier alpha value is -1.81. The van der Waals surface area contributed by atoms with E-state index >= 15 is 0 Å². The van der Waals surface area contributed by atoms with Crippen molar-refractivity contribution < 1.29 is 18.0 Å². The molecule has 0 saturated carbocycles. The second-order valence-electron chi connectivity index (χ2n) is 4.72. The summed E-state index contributed by atoms with van der Waals surface area (Å²) in [6, 6.07) is 11.6. The van der Waals surface area contributed by atoms with Crippen LogP contribution in [0, 0.1) is 0 Å². The molecule has 1 nitrogen and oxygen atoms in total. The van der Waals surface area contributed by atoms with Gasteiger partial charge in [0.15, 0.2) is 0 Å². The maximum Gasteiger partial charge on any atom is 0.416 e. The van der Waals surface area contributed by atoms with E-state index in [0.29, 0.717) is 10.6 Å². The molecular formula is C16H12ClF3O. The van der Waals surface area contributed by atoms with Crippen LogP contribution in [0.4, 0.5) is 13.2 Å². The summed E-state index contributed by atoms with van der Waals surface area (Å²) in [7, 11) is 0. The molecule has 0 fully saturated rings. The molecule has 0 radical (unpaired) electrons. The van der Waals surface area contributed by atoms with Gasteiger partial charge in [0.05, 0.1) is 5.56 Å². The number of halogens is 4. The van der Waals surface area contributed by atoms with Gasteiger partial charge in [-0.15, -0.1) is 0 Å². The minimum absolute atomic E-state index is 0.0722. The quantitative estimate of drug-likeness (QED) is 0.799.